The highest BCUT2D eigenvalue weighted by molar-refractivity contribution is 7.20. The topological polar surface area (TPSA) is 104 Å². The van der Waals surface area contributed by atoms with E-state index in [0.717, 1.165) is 52.5 Å². The van der Waals surface area contributed by atoms with Crippen LogP contribution in [0, 0.1) is 18.3 Å². The summed E-state index contributed by atoms with van der Waals surface area (Å²) in [4.78, 5) is 24.0. The molecule has 1 aliphatic heterocycles. The molecule has 0 unspecified atom stereocenters. The van der Waals surface area contributed by atoms with Gasteiger partial charge in [0.15, 0.2) is 0 Å². The number of carboxylic acids is 1. The van der Waals surface area contributed by atoms with E-state index in [-0.39, 0.29) is 0 Å². The maximum atomic E-state index is 11.2. The number of thiophene rings is 1. The minimum Gasteiger partial charge on any atom is -0.477 e. The van der Waals surface area contributed by atoms with Gasteiger partial charge in [-0.3, -0.25) is 4.90 Å². The van der Waals surface area contributed by atoms with E-state index in [1.54, 1.807) is 12.1 Å². The number of fused-ring (bicyclic) bond motifs is 1. The molecular formula is C27H25N5O3S. The molecule has 9 heteroatoms. The van der Waals surface area contributed by atoms with Gasteiger partial charge >= 0.3 is 5.97 Å². The molecule has 0 atom stereocenters. The quantitative estimate of drug-likeness (QED) is 0.390. The van der Waals surface area contributed by atoms with Crippen molar-refractivity contribution >= 4 is 33.2 Å². The lowest BCUT2D eigenvalue weighted by Crippen LogP contribution is -2.29. The molecule has 1 aliphatic rings. The molecule has 36 heavy (non-hydrogen) atoms. The van der Waals surface area contributed by atoms with Gasteiger partial charge in [-0.25, -0.2) is 14.8 Å². The van der Waals surface area contributed by atoms with Crippen LogP contribution in [-0.2, 0) is 20.2 Å². The van der Waals surface area contributed by atoms with E-state index in [1.807, 2.05) is 48.9 Å². The number of rotatable bonds is 7. The fourth-order valence-corrected chi connectivity index (χ4v) is 5.23. The third kappa shape index (κ3) is 4.87. The smallest absolute Gasteiger partial charge is 0.346 e. The molecule has 4 aromatic rings. The minimum atomic E-state index is -0.916. The molecule has 1 aromatic carbocycles. The summed E-state index contributed by atoms with van der Waals surface area (Å²) >= 11 is 1.21. The highest BCUT2D eigenvalue weighted by atomic mass is 32.1. The van der Waals surface area contributed by atoms with Crippen molar-refractivity contribution < 1.29 is 14.6 Å². The number of nitrogens with zero attached hydrogens (tertiary/aromatic N) is 5. The first-order valence-electron chi connectivity index (χ1n) is 11.6. The van der Waals surface area contributed by atoms with Crippen molar-refractivity contribution in [2.75, 3.05) is 13.1 Å². The second-order valence-corrected chi connectivity index (χ2v) is 9.84. The van der Waals surface area contributed by atoms with Crippen LogP contribution >= 0.6 is 11.3 Å². The van der Waals surface area contributed by atoms with E-state index in [0.29, 0.717) is 29.5 Å². The molecule has 4 heterocycles. The summed E-state index contributed by atoms with van der Waals surface area (Å²) in [5.41, 5.74) is 5.67. The molecule has 0 aliphatic carbocycles. The van der Waals surface area contributed by atoms with Crippen LogP contribution in [0.15, 0.2) is 48.5 Å². The number of ether oxygens (including phenoxy) is 1. The first kappa shape index (κ1) is 23.7. The Balaban J connectivity index is 1.22. The van der Waals surface area contributed by atoms with Crippen molar-refractivity contribution in [3.05, 3.63) is 81.6 Å². The van der Waals surface area contributed by atoms with Crippen LogP contribution in [0.4, 0.5) is 0 Å². The number of carbonyl (C=O) groups is 1. The number of aryl methyl sites for hydroxylation is 2. The number of aromatic nitrogens is 3. The molecule has 0 saturated carbocycles. The largest absolute Gasteiger partial charge is 0.477 e. The average molecular weight is 500 g/mol. The molecular weight excluding hydrogens is 474 g/mol. The van der Waals surface area contributed by atoms with Crippen molar-refractivity contribution in [1.82, 2.24) is 19.4 Å². The predicted molar refractivity (Wildman–Crippen MR) is 138 cm³/mol. The van der Waals surface area contributed by atoms with Crippen molar-refractivity contribution in [2.45, 2.75) is 26.5 Å². The van der Waals surface area contributed by atoms with Gasteiger partial charge in [-0.05, 0) is 54.3 Å². The lowest BCUT2D eigenvalue weighted by Gasteiger charge is -2.25. The van der Waals surface area contributed by atoms with E-state index in [9.17, 15) is 9.90 Å². The summed E-state index contributed by atoms with van der Waals surface area (Å²) < 4.78 is 7.94. The zero-order chi connectivity index (χ0) is 25.2. The number of hydrogen-bond donors (Lipinski definition) is 1. The lowest BCUT2D eigenvalue weighted by molar-refractivity contribution is 0.0702. The molecule has 0 bridgehead atoms. The summed E-state index contributed by atoms with van der Waals surface area (Å²) in [5.74, 6) is 0.589. The zero-order valence-electron chi connectivity index (χ0n) is 20.1. The van der Waals surface area contributed by atoms with E-state index in [2.05, 4.69) is 22.0 Å². The van der Waals surface area contributed by atoms with Gasteiger partial charge in [0.2, 0.25) is 5.88 Å². The Morgan fingerprint density at radius 2 is 2.11 bits per heavy atom. The molecule has 0 amide bonds. The van der Waals surface area contributed by atoms with Crippen molar-refractivity contribution in [3.63, 3.8) is 0 Å². The number of hydrogen-bond acceptors (Lipinski definition) is 7. The summed E-state index contributed by atoms with van der Waals surface area (Å²) in [6, 6.07) is 15.3. The third-order valence-corrected chi connectivity index (χ3v) is 7.45. The highest BCUT2D eigenvalue weighted by Crippen LogP contribution is 2.28. The van der Waals surface area contributed by atoms with Crippen molar-refractivity contribution in [2.24, 2.45) is 7.05 Å². The second kappa shape index (κ2) is 9.93. The molecule has 5 rings (SSSR count). The van der Waals surface area contributed by atoms with Crippen molar-refractivity contribution in [3.8, 4) is 11.9 Å². The highest BCUT2D eigenvalue weighted by Gasteiger charge is 2.19. The Morgan fingerprint density at radius 3 is 2.81 bits per heavy atom. The van der Waals surface area contributed by atoms with E-state index < -0.39 is 5.97 Å². The fourth-order valence-electron chi connectivity index (χ4n) is 4.31. The van der Waals surface area contributed by atoms with Crippen LogP contribution < -0.4 is 4.74 Å². The number of pyridine rings is 1. The normalized spacial score (nSPS) is 14.0. The third-order valence-electron chi connectivity index (χ3n) is 6.44. The Bertz CT molecular complexity index is 1530. The van der Waals surface area contributed by atoms with Crippen LogP contribution in [0.1, 0.15) is 44.3 Å². The Hall–Kier alpha value is -4.00. The number of aromatic carboxylic acids is 1. The lowest BCUT2D eigenvalue weighted by atomic mass is 10.0. The van der Waals surface area contributed by atoms with Gasteiger partial charge in [-0.15, -0.1) is 11.3 Å². The summed E-state index contributed by atoms with van der Waals surface area (Å²) in [7, 11) is 1.93. The molecule has 0 radical (unpaired) electrons. The average Bonchev–Trinajstić information content (AvgIpc) is 3.43. The number of benzene rings is 1. The van der Waals surface area contributed by atoms with Crippen LogP contribution in [0.3, 0.4) is 0 Å². The molecule has 0 spiro atoms. The first-order valence-corrected chi connectivity index (χ1v) is 12.4. The first-order chi connectivity index (χ1) is 17.4. The van der Waals surface area contributed by atoms with Gasteiger partial charge in [-0.2, -0.15) is 5.26 Å². The maximum Gasteiger partial charge on any atom is 0.346 e. The molecule has 0 saturated heterocycles. The molecule has 1 N–H and O–H groups in total. The van der Waals surface area contributed by atoms with E-state index in [1.165, 1.54) is 16.9 Å². The summed E-state index contributed by atoms with van der Waals surface area (Å²) in [5, 5.41) is 18.3. The van der Waals surface area contributed by atoms with Gasteiger partial charge in [0, 0.05) is 26.2 Å². The summed E-state index contributed by atoms with van der Waals surface area (Å²) in [6.07, 6.45) is 3.07. The monoisotopic (exact) mass is 499 g/mol. The maximum absolute atomic E-state index is 11.2. The van der Waals surface area contributed by atoms with Gasteiger partial charge in [0.1, 0.15) is 22.1 Å². The van der Waals surface area contributed by atoms with Crippen LogP contribution in [0.5, 0.6) is 5.88 Å². The Labute approximate surface area is 212 Å². The van der Waals surface area contributed by atoms with Gasteiger partial charge in [0.05, 0.1) is 29.4 Å². The van der Waals surface area contributed by atoms with E-state index in [4.69, 9.17) is 15.0 Å². The molecule has 3 aromatic heterocycles. The second-order valence-electron chi connectivity index (χ2n) is 8.81. The van der Waals surface area contributed by atoms with Crippen LogP contribution in [-0.4, -0.2) is 43.6 Å². The molecule has 8 nitrogen and oxygen atoms in total. The fraction of sp³-hybridized carbons (Fsp3) is 0.259. The van der Waals surface area contributed by atoms with E-state index >= 15 is 0 Å². The minimum absolute atomic E-state index is 0.311. The van der Waals surface area contributed by atoms with Gasteiger partial charge < -0.3 is 14.4 Å². The summed E-state index contributed by atoms with van der Waals surface area (Å²) in [6.45, 7) is 4.74. The van der Waals surface area contributed by atoms with Crippen LogP contribution in [0.2, 0.25) is 0 Å². The van der Waals surface area contributed by atoms with Gasteiger partial charge in [-0.1, -0.05) is 18.2 Å². The predicted octanol–water partition coefficient (Wildman–Crippen LogP) is 4.78. The number of carboxylic acid groups (broad SMARTS) is 1. The van der Waals surface area contributed by atoms with Crippen LogP contribution in [0.25, 0.3) is 15.9 Å². The molecule has 182 valence electrons. The SMILES string of the molecule is Cc1cc(C#N)ccc1COc1cccc(C2=CCN(Cc3nc4sc(C(=O)O)cc4n3C)CC2)n1. The Kier molecular flexibility index (Phi) is 6.55. The van der Waals surface area contributed by atoms with Crippen molar-refractivity contribution in [1.29, 1.82) is 5.26 Å². The zero-order valence-corrected chi connectivity index (χ0v) is 20.9. The Morgan fingerprint density at radius 1 is 1.25 bits per heavy atom. The molecule has 0 fully saturated rings. The standard InChI is InChI=1S/C27H25N5O3S/c1-17-12-18(14-28)6-7-20(17)16-35-25-5-3-4-21(29-25)19-8-10-32(11-9-19)15-24-30-26-22(31(24)2)13-23(36-26)27(33)34/h3-8,12-13H,9-11,15-16H2,1-2H3,(H,33,34). The number of nitriles is 1. The van der Waals surface area contributed by atoms with Gasteiger partial charge in [0.25, 0.3) is 0 Å². The number of imidazole rings is 1.